The zero-order valence-electron chi connectivity index (χ0n) is 19.6. The van der Waals surface area contributed by atoms with Gasteiger partial charge in [-0.25, -0.2) is 0 Å². The number of benzene rings is 3. The molecule has 0 atom stereocenters. The summed E-state index contributed by atoms with van der Waals surface area (Å²) < 4.78 is 0. The normalized spacial score (nSPS) is 13.3. The third-order valence-electron chi connectivity index (χ3n) is 5.76. The summed E-state index contributed by atoms with van der Waals surface area (Å²) in [6, 6.07) is 25.3. The SMILES string of the molecule is C(C=Cc1ccccc1)=Cc1ccccc1.CC1=C([SiH](C)C)c2cc3c(cc2=C1)C=CC=3.[Ti]. The standard InChI is InChI=1S/C16H14.C15H16Si.Ti/c1-3-9-15(10-4-1)13-7-8-14-16-11-5-2-6-12-16;1-10-7-13-8-11-5-4-6-12(11)9-14(13)15(10)16(2)3;/h1-14H;4-9,16H,1-3H3;. The van der Waals surface area contributed by atoms with E-state index in [1.807, 2.05) is 36.4 Å². The van der Waals surface area contributed by atoms with Crippen molar-refractivity contribution < 1.29 is 21.7 Å². The summed E-state index contributed by atoms with van der Waals surface area (Å²) in [5.74, 6) is 0. The zero-order chi connectivity index (χ0) is 22.3. The first-order valence-corrected chi connectivity index (χ1v) is 14.2. The Morgan fingerprint density at radius 3 is 1.85 bits per heavy atom. The maximum atomic E-state index is 2.41. The van der Waals surface area contributed by atoms with E-state index in [0.717, 1.165) is 0 Å². The van der Waals surface area contributed by atoms with Crippen LogP contribution in [0.3, 0.4) is 0 Å². The van der Waals surface area contributed by atoms with Crippen LogP contribution in [0, 0.1) is 0 Å². The second-order valence-electron chi connectivity index (χ2n) is 8.53. The predicted molar refractivity (Wildman–Crippen MR) is 146 cm³/mol. The molecule has 0 unspecified atom stereocenters. The van der Waals surface area contributed by atoms with Crippen molar-refractivity contribution in [1.29, 1.82) is 0 Å². The molecule has 0 bridgehead atoms. The van der Waals surface area contributed by atoms with Gasteiger partial charge in [0.15, 0.2) is 0 Å². The van der Waals surface area contributed by atoms with Gasteiger partial charge in [0.05, 0.1) is 8.80 Å². The van der Waals surface area contributed by atoms with E-state index in [4.69, 9.17) is 0 Å². The van der Waals surface area contributed by atoms with Crippen LogP contribution in [0.4, 0.5) is 0 Å². The van der Waals surface area contributed by atoms with Crippen LogP contribution < -0.4 is 10.4 Å². The Morgan fingerprint density at radius 2 is 1.30 bits per heavy atom. The molecular formula is C31H30SiTi. The van der Waals surface area contributed by atoms with Crippen LogP contribution in [0.5, 0.6) is 0 Å². The molecule has 2 aliphatic rings. The van der Waals surface area contributed by atoms with Crippen molar-refractivity contribution in [3.8, 4) is 0 Å². The zero-order valence-corrected chi connectivity index (χ0v) is 22.3. The Labute approximate surface area is 214 Å². The van der Waals surface area contributed by atoms with Gasteiger partial charge in [0, 0.05) is 21.7 Å². The minimum absolute atomic E-state index is 0. The fraction of sp³-hybridized carbons (Fsp3) is 0.0968. The van der Waals surface area contributed by atoms with Crippen molar-refractivity contribution in [2.45, 2.75) is 20.0 Å². The van der Waals surface area contributed by atoms with Gasteiger partial charge in [0.2, 0.25) is 0 Å². The minimum Gasteiger partial charge on any atom is -0.0682 e. The van der Waals surface area contributed by atoms with Gasteiger partial charge < -0.3 is 0 Å². The summed E-state index contributed by atoms with van der Waals surface area (Å²) in [5.41, 5.74) is 6.80. The molecule has 162 valence electrons. The van der Waals surface area contributed by atoms with Gasteiger partial charge in [0.1, 0.15) is 0 Å². The van der Waals surface area contributed by atoms with Crippen molar-refractivity contribution in [2.75, 3.05) is 0 Å². The number of allylic oxidation sites excluding steroid dienone is 4. The van der Waals surface area contributed by atoms with Gasteiger partial charge in [-0.15, -0.1) is 0 Å². The Kier molecular flexibility index (Phi) is 9.03. The van der Waals surface area contributed by atoms with E-state index in [-0.39, 0.29) is 21.7 Å². The maximum absolute atomic E-state index is 2.41. The quantitative estimate of drug-likeness (QED) is 0.297. The van der Waals surface area contributed by atoms with E-state index in [1.54, 1.807) is 5.20 Å². The third kappa shape index (κ3) is 6.42. The van der Waals surface area contributed by atoms with E-state index in [9.17, 15) is 0 Å². The van der Waals surface area contributed by atoms with Gasteiger partial charge in [0.25, 0.3) is 0 Å². The molecule has 2 heteroatoms. The topological polar surface area (TPSA) is 0 Å². The van der Waals surface area contributed by atoms with Crippen LogP contribution in [-0.2, 0) is 21.7 Å². The number of hydrogen-bond donors (Lipinski definition) is 0. The molecule has 0 aromatic heterocycles. The van der Waals surface area contributed by atoms with Crippen molar-refractivity contribution >= 4 is 44.4 Å². The van der Waals surface area contributed by atoms with Crippen molar-refractivity contribution in [3.05, 3.63) is 129 Å². The Bertz CT molecular complexity index is 1280. The fourth-order valence-corrected chi connectivity index (χ4v) is 6.17. The molecule has 0 spiro atoms. The largest absolute Gasteiger partial charge is 0.0682 e. The molecule has 0 saturated heterocycles. The molecule has 0 aliphatic heterocycles. The van der Waals surface area contributed by atoms with E-state index in [1.165, 1.54) is 38.3 Å². The van der Waals surface area contributed by atoms with Crippen LogP contribution in [-0.4, -0.2) is 8.80 Å². The summed E-state index contributed by atoms with van der Waals surface area (Å²) in [4.78, 5) is 0. The summed E-state index contributed by atoms with van der Waals surface area (Å²) in [5, 5.41) is 4.46. The summed E-state index contributed by atoms with van der Waals surface area (Å²) in [6.07, 6.45) is 17.2. The molecule has 0 fully saturated rings. The van der Waals surface area contributed by atoms with Crippen LogP contribution in [0.1, 0.15) is 29.2 Å². The Morgan fingerprint density at radius 1 is 0.727 bits per heavy atom. The second kappa shape index (κ2) is 12.0. The van der Waals surface area contributed by atoms with Crippen molar-refractivity contribution in [1.82, 2.24) is 0 Å². The third-order valence-corrected chi connectivity index (χ3v) is 7.68. The molecule has 3 aromatic carbocycles. The minimum atomic E-state index is -0.731. The predicted octanol–water partition coefficient (Wildman–Crippen LogP) is 6.50. The molecule has 2 aliphatic carbocycles. The van der Waals surface area contributed by atoms with Gasteiger partial charge in [-0.05, 0) is 51.7 Å². The summed E-state index contributed by atoms with van der Waals surface area (Å²) in [6.45, 7) is 7.08. The van der Waals surface area contributed by atoms with E-state index in [2.05, 4.69) is 105 Å². The smallest absolute Gasteiger partial charge is 0.0658 e. The first kappa shape index (κ1) is 24.9. The van der Waals surface area contributed by atoms with E-state index in [0.29, 0.717) is 0 Å². The van der Waals surface area contributed by atoms with Gasteiger partial charge in [-0.2, -0.15) is 0 Å². The molecule has 0 radical (unpaired) electrons. The molecule has 0 nitrogen and oxygen atoms in total. The van der Waals surface area contributed by atoms with E-state index >= 15 is 0 Å². The Balaban J connectivity index is 0.000000180. The molecule has 0 saturated carbocycles. The van der Waals surface area contributed by atoms with Gasteiger partial charge in [-0.3, -0.25) is 0 Å². The first-order chi connectivity index (χ1) is 15.6. The van der Waals surface area contributed by atoms with Crippen LogP contribution in [0.15, 0.2) is 96.6 Å². The average molecular weight is 479 g/mol. The molecule has 0 N–H and O–H groups in total. The molecule has 5 rings (SSSR count). The maximum Gasteiger partial charge on any atom is 0.0658 e. The van der Waals surface area contributed by atoms with Crippen molar-refractivity contribution in [3.63, 3.8) is 0 Å². The average Bonchev–Trinajstić information content (AvgIpc) is 3.39. The van der Waals surface area contributed by atoms with Crippen LogP contribution >= 0.6 is 0 Å². The molecular weight excluding hydrogens is 448 g/mol. The fourth-order valence-electron chi connectivity index (χ4n) is 4.30. The summed E-state index contributed by atoms with van der Waals surface area (Å²) in [7, 11) is -0.731. The number of hydrogen-bond acceptors (Lipinski definition) is 0. The number of fused-ring (bicyclic) bond motifs is 2. The first-order valence-electron chi connectivity index (χ1n) is 11.3. The second-order valence-corrected chi connectivity index (χ2v) is 11.4. The van der Waals surface area contributed by atoms with E-state index < -0.39 is 8.80 Å². The van der Waals surface area contributed by atoms with Crippen LogP contribution in [0.25, 0.3) is 35.6 Å². The monoisotopic (exact) mass is 478 g/mol. The molecule has 33 heavy (non-hydrogen) atoms. The molecule has 0 heterocycles. The van der Waals surface area contributed by atoms with Gasteiger partial charge in [-0.1, -0.05) is 133 Å². The Hall–Kier alpha value is -2.71. The van der Waals surface area contributed by atoms with Crippen molar-refractivity contribution in [2.24, 2.45) is 0 Å². The number of rotatable bonds is 4. The summed E-state index contributed by atoms with van der Waals surface area (Å²) >= 11 is 0. The van der Waals surface area contributed by atoms with Crippen LogP contribution in [0.2, 0.25) is 13.1 Å². The molecule has 0 amide bonds. The molecule has 3 aromatic rings. The van der Waals surface area contributed by atoms with Gasteiger partial charge >= 0.3 is 0 Å².